The van der Waals surface area contributed by atoms with Crippen LogP contribution in [0.1, 0.15) is 40.0 Å². The number of esters is 2. The van der Waals surface area contributed by atoms with E-state index in [0.29, 0.717) is 6.54 Å². The molecule has 1 heterocycles. The quantitative estimate of drug-likeness (QED) is 0.426. The smallest absolute Gasteiger partial charge is 0.321 e. The minimum absolute atomic E-state index is 0.239. The lowest BCUT2D eigenvalue weighted by atomic mass is 9.94. The van der Waals surface area contributed by atoms with Crippen LogP contribution in [-0.2, 0) is 19.1 Å². The summed E-state index contributed by atoms with van der Waals surface area (Å²) in [5.41, 5.74) is 0. The first-order valence-corrected chi connectivity index (χ1v) is 8.14. The Bertz CT molecular complexity index is 400. The van der Waals surface area contributed by atoms with Gasteiger partial charge >= 0.3 is 11.9 Å². The zero-order valence-corrected chi connectivity index (χ0v) is 13.9. The highest BCUT2D eigenvalue weighted by Gasteiger charge is 2.34. The second kappa shape index (κ2) is 10.2. The SMILES string of the molecule is CCOC(=O)C(C(=O)OCC)[C@@H](C)C#CCN1CCCCC1. The third-order valence-electron chi connectivity index (χ3n) is 3.66. The average molecular weight is 309 g/mol. The van der Waals surface area contributed by atoms with Crippen molar-refractivity contribution in [3.05, 3.63) is 0 Å². The Morgan fingerprint density at radius 2 is 1.59 bits per heavy atom. The molecule has 1 rings (SSSR count). The van der Waals surface area contributed by atoms with Crippen LogP contribution < -0.4 is 0 Å². The van der Waals surface area contributed by atoms with Gasteiger partial charge in [0.25, 0.3) is 0 Å². The Hall–Kier alpha value is -1.54. The molecule has 1 aliphatic rings. The molecule has 1 fully saturated rings. The van der Waals surface area contributed by atoms with E-state index in [1.165, 1.54) is 19.3 Å². The molecular weight excluding hydrogens is 282 g/mol. The number of carbonyl (C=O) groups is 2. The number of hydrogen-bond donors (Lipinski definition) is 0. The van der Waals surface area contributed by atoms with Crippen molar-refractivity contribution in [2.45, 2.75) is 40.0 Å². The third kappa shape index (κ3) is 6.07. The standard InChI is InChI=1S/C17H27NO4/c1-4-21-16(19)15(17(20)22-5-2)14(3)10-9-13-18-11-7-6-8-12-18/h14-15H,4-8,11-13H2,1-3H3/t14-/m0/s1. The second-order valence-electron chi connectivity index (χ2n) is 5.43. The number of nitrogens with zero attached hydrogens (tertiary/aromatic N) is 1. The monoisotopic (exact) mass is 309 g/mol. The van der Waals surface area contributed by atoms with Crippen LogP contribution in [0.15, 0.2) is 0 Å². The van der Waals surface area contributed by atoms with Crippen LogP contribution in [0, 0.1) is 23.7 Å². The predicted molar refractivity (Wildman–Crippen MR) is 84.0 cm³/mol. The summed E-state index contributed by atoms with van der Waals surface area (Å²) >= 11 is 0. The summed E-state index contributed by atoms with van der Waals surface area (Å²) in [4.78, 5) is 26.2. The Morgan fingerprint density at radius 3 is 2.09 bits per heavy atom. The summed E-state index contributed by atoms with van der Waals surface area (Å²) in [6, 6.07) is 0. The zero-order valence-electron chi connectivity index (χ0n) is 13.9. The average Bonchev–Trinajstić information content (AvgIpc) is 2.49. The van der Waals surface area contributed by atoms with E-state index in [0.717, 1.165) is 13.1 Å². The van der Waals surface area contributed by atoms with Crippen molar-refractivity contribution in [2.24, 2.45) is 11.8 Å². The molecule has 1 saturated heterocycles. The molecule has 0 N–H and O–H groups in total. The van der Waals surface area contributed by atoms with Crippen LogP contribution >= 0.6 is 0 Å². The van der Waals surface area contributed by atoms with Crippen LogP contribution in [0.25, 0.3) is 0 Å². The lowest BCUT2D eigenvalue weighted by Gasteiger charge is -2.24. The molecule has 0 amide bonds. The maximum Gasteiger partial charge on any atom is 0.321 e. The summed E-state index contributed by atoms with van der Waals surface area (Å²) < 4.78 is 9.94. The van der Waals surface area contributed by atoms with Crippen molar-refractivity contribution in [1.82, 2.24) is 4.90 Å². The van der Waals surface area contributed by atoms with E-state index in [9.17, 15) is 9.59 Å². The van der Waals surface area contributed by atoms with Crippen LogP contribution in [-0.4, -0.2) is 49.7 Å². The van der Waals surface area contributed by atoms with Gasteiger partial charge in [0.2, 0.25) is 0 Å². The third-order valence-corrected chi connectivity index (χ3v) is 3.66. The maximum atomic E-state index is 12.0. The first-order valence-electron chi connectivity index (χ1n) is 8.14. The highest BCUT2D eigenvalue weighted by molar-refractivity contribution is 5.95. The number of piperidine rings is 1. The van der Waals surface area contributed by atoms with Gasteiger partial charge in [-0.25, -0.2) is 0 Å². The molecule has 0 bridgehead atoms. The van der Waals surface area contributed by atoms with Gasteiger partial charge in [-0.3, -0.25) is 14.5 Å². The zero-order chi connectivity index (χ0) is 16.4. The lowest BCUT2D eigenvalue weighted by Crippen LogP contribution is -2.33. The highest BCUT2D eigenvalue weighted by atomic mass is 16.6. The van der Waals surface area contributed by atoms with Crippen LogP contribution in [0.5, 0.6) is 0 Å². The van der Waals surface area contributed by atoms with Gasteiger partial charge in [-0.15, -0.1) is 0 Å². The predicted octanol–water partition coefficient (Wildman–Crippen LogP) is 1.85. The minimum atomic E-state index is -0.964. The van der Waals surface area contributed by atoms with E-state index in [4.69, 9.17) is 9.47 Å². The highest BCUT2D eigenvalue weighted by Crippen LogP contribution is 2.15. The lowest BCUT2D eigenvalue weighted by molar-refractivity contribution is -0.163. The molecule has 0 aliphatic carbocycles. The van der Waals surface area contributed by atoms with E-state index in [1.807, 2.05) is 0 Å². The second-order valence-corrected chi connectivity index (χ2v) is 5.43. The molecule has 5 nitrogen and oxygen atoms in total. The van der Waals surface area contributed by atoms with Crippen molar-refractivity contribution in [3.8, 4) is 11.8 Å². The molecule has 1 aliphatic heterocycles. The molecule has 0 aromatic heterocycles. The van der Waals surface area contributed by atoms with E-state index in [1.54, 1.807) is 20.8 Å². The van der Waals surface area contributed by atoms with Gasteiger partial charge in [0, 0.05) is 5.92 Å². The van der Waals surface area contributed by atoms with Crippen LogP contribution in [0.3, 0.4) is 0 Å². The molecule has 0 radical (unpaired) electrons. The molecule has 1 atom stereocenters. The fraction of sp³-hybridized carbons (Fsp3) is 0.765. The number of ether oxygens (including phenoxy) is 2. The van der Waals surface area contributed by atoms with Gasteiger partial charge in [-0.2, -0.15) is 0 Å². The Labute approximate surface area is 133 Å². The van der Waals surface area contributed by atoms with E-state index < -0.39 is 23.8 Å². The van der Waals surface area contributed by atoms with Gasteiger partial charge in [0.05, 0.1) is 19.8 Å². The summed E-state index contributed by atoms with van der Waals surface area (Å²) in [5, 5.41) is 0. The van der Waals surface area contributed by atoms with Crippen LogP contribution in [0.2, 0.25) is 0 Å². The normalized spacial score (nSPS) is 16.5. The summed E-state index contributed by atoms with van der Waals surface area (Å²) in [7, 11) is 0. The van der Waals surface area contributed by atoms with Gasteiger partial charge in [0.1, 0.15) is 0 Å². The topological polar surface area (TPSA) is 55.8 Å². The maximum absolute atomic E-state index is 12.0. The van der Waals surface area contributed by atoms with Crippen molar-refractivity contribution in [1.29, 1.82) is 0 Å². The number of likely N-dealkylation sites (tertiary alicyclic amines) is 1. The summed E-state index contributed by atoms with van der Waals surface area (Å²) in [5.74, 6) is 3.62. The first-order chi connectivity index (χ1) is 10.6. The van der Waals surface area contributed by atoms with Crippen molar-refractivity contribution < 1.29 is 19.1 Å². The van der Waals surface area contributed by atoms with Gasteiger partial charge < -0.3 is 9.47 Å². The Kier molecular flexibility index (Phi) is 8.61. The fourth-order valence-electron chi connectivity index (χ4n) is 2.49. The van der Waals surface area contributed by atoms with Crippen molar-refractivity contribution in [3.63, 3.8) is 0 Å². The Morgan fingerprint density at radius 1 is 1.05 bits per heavy atom. The first kappa shape index (κ1) is 18.5. The molecule has 0 unspecified atom stereocenters. The number of hydrogen-bond acceptors (Lipinski definition) is 5. The van der Waals surface area contributed by atoms with Gasteiger partial charge in [-0.05, 0) is 46.7 Å². The molecule has 0 spiro atoms. The number of rotatable bonds is 6. The van der Waals surface area contributed by atoms with Gasteiger partial charge in [-0.1, -0.05) is 18.3 Å². The Balaban J connectivity index is 2.63. The molecule has 0 aromatic carbocycles. The fourth-order valence-corrected chi connectivity index (χ4v) is 2.49. The van der Waals surface area contributed by atoms with E-state index in [-0.39, 0.29) is 13.2 Å². The van der Waals surface area contributed by atoms with Gasteiger partial charge in [0.15, 0.2) is 5.92 Å². The molecule has 124 valence electrons. The molecule has 22 heavy (non-hydrogen) atoms. The molecular formula is C17H27NO4. The minimum Gasteiger partial charge on any atom is -0.465 e. The van der Waals surface area contributed by atoms with E-state index in [2.05, 4.69) is 16.7 Å². The molecule has 0 saturated carbocycles. The number of carbonyl (C=O) groups excluding carboxylic acids is 2. The van der Waals surface area contributed by atoms with Crippen molar-refractivity contribution in [2.75, 3.05) is 32.8 Å². The molecule has 5 heteroatoms. The van der Waals surface area contributed by atoms with Crippen molar-refractivity contribution >= 4 is 11.9 Å². The van der Waals surface area contributed by atoms with E-state index >= 15 is 0 Å². The van der Waals surface area contributed by atoms with Crippen LogP contribution in [0.4, 0.5) is 0 Å². The molecule has 0 aromatic rings. The summed E-state index contributed by atoms with van der Waals surface area (Å²) in [6.45, 7) is 8.50. The summed E-state index contributed by atoms with van der Waals surface area (Å²) in [6.07, 6.45) is 3.71. The largest absolute Gasteiger partial charge is 0.465 e.